The van der Waals surface area contributed by atoms with Crippen LogP contribution in [0, 0.1) is 11.7 Å². The molecular formula is C14H16ClFN2O2. The quantitative estimate of drug-likeness (QED) is 0.673. The van der Waals surface area contributed by atoms with E-state index in [1.807, 2.05) is 6.92 Å². The number of hydrogen-bond donors (Lipinski definition) is 1. The van der Waals surface area contributed by atoms with Gasteiger partial charge in [0, 0.05) is 30.5 Å². The molecule has 0 bridgehead atoms. The first kappa shape index (κ1) is 14.8. The van der Waals surface area contributed by atoms with Gasteiger partial charge in [-0.05, 0) is 24.6 Å². The van der Waals surface area contributed by atoms with Crippen LogP contribution in [0.25, 0.3) is 0 Å². The number of likely N-dealkylation sites (tertiary alicyclic amines) is 1. The number of nitrogens with zero attached hydrogens (tertiary/aromatic N) is 2. The van der Waals surface area contributed by atoms with Gasteiger partial charge in [0.15, 0.2) is 0 Å². The minimum Gasteiger partial charge on any atom is -0.411 e. The Hall–Kier alpha value is -1.62. The first-order valence-electron chi connectivity index (χ1n) is 6.52. The van der Waals surface area contributed by atoms with Gasteiger partial charge in [-0.1, -0.05) is 23.7 Å². The van der Waals surface area contributed by atoms with Crippen molar-refractivity contribution in [3.63, 3.8) is 0 Å². The molecule has 1 fully saturated rings. The highest BCUT2D eigenvalue weighted by Crippen LogP contribution is 2.22. The molecule has 108 valence electrons. The predicted molar refractivity (Wildman–Crippen MR) is 74.9 cm³/mol. The second kappa shape index (κ2) is 6.22. The molecule has 2 rings (SSSR count). The number of halogens is 2. The molecule has 1 unspecified atom stereocenters. The molecule has 0 saturated carbocycles. The smallest absolute Gasteiger partial charge is 0.256 e. The van der Waals surface area contributed by atoms with E-state index in [2.05, 4.69) is 5.16 Å². The standard InChI is InChI=1S/C14H16ClFN2O2/c1-2-9-8-18(6-5-13(9)17-20)14(19)11-7-10(15)3-4-12(11)16/h3-4,7,9,20H,2,5-6,8H2,1H3/b17-13+. The van der Waals surface area contributed by atoms with Crippen LogP contribution in [0.3, 0.4) is 0 Å². The Morgan fingerprint density at radius 3 is 3.00 bits per heavy atom. The second-order valence-corrected chi connectivity index (χ2v) is 5.26. The third-order valence-corrected chi connectivity index (χ3v) is 3.85. The summed E-state index contributed by atoms with van der Waals surface area (Å²) in [5, 5.41) is 12.5. The summed E-state index contributed by atoms with van der Waals surface area (Å²) in [5.74, 6) is -0.936. The Bertz CT molecular complexity index is 548. The maximum absolute atomic E-state index is 13.7. The first-order valence-corrected chi connectivity index (χ1v) is 6.89. The third-order valence-electron chi connectivity index (χ3n) is 3.62. The maximum atomic E-state index is 13.7. The highest BCUT2D eigenvalue weighted by atomic mass is 35.5. The monoisotopic (exact) mass is 298 g/mol. The van der Waals surface area contributed by atoms with E-state index >= 15 is 0 Å². The zero-order chi connectivity index (χ0) is 14.7. The van der Waals surface area contributed by atoms with Crippen molar-refractivity contribution in [3.05, 3.63) is 34.6 Å². The largest absolute Gasteiger partial charge is 0.411 e. The molecule has 1 aliphatic rings. The molecule has 1 heterocycles. The van der Waals surface area contributed by atoms with Crippen LogP contribution in [0.15, 0.2) is 23.4 Å². The number of hydrogen-bond acceptors (Lipinski definition) is 3. The molecule has 1 saturated heterocycles. The molecule has 1 atom stereocenters. The molecule has 4 nitrogen and oxygen atoms in total. The van der Waals surface area contributed by atoms with E-state index in [1.165, 1.54) is 18.2 Å². The van der Waals surface area contributed by atoms with Crippen molar-refractivity contribution in [2.24, 2.45) is 11.1 Å². The average Bonchev–Trinajstić information content (AvgIpc) is 2.48. The van der Waals surface area contributed by atoms with Crippen LogP contribution in [0.5, 0.6) is 0 Å². The summed E-state index contributed by atoms with van der Waals surface area (Å²) < 4.78 is 13.7. The minimum atomic E-state index is -0.575. The SMILES string of the molecule is CCC1CN(C(=O)c2cc(Cl)ccc2F)CC/C1=N\O. The van der Waals surface area contributed by atoms with Crippen molar-refractivity contribution in [3.8, 4) is 0 Å². The zero-order valence-corrected chi connectivity index (χ0v) is 11.9. The second-order valence-electron chi connectivity index (χ2n) is 4.82. The summed E-state index contributed by atoms with van der Waals surface area (Å²) >= 11 is 5.81. The Morgan fingerprint density at radius 1 is 1.60 bits per heavy atom. The number of benzene rings is 1. The predicted octanol–water partition coefficient (Wildman–Crippen LogP) is 3.18. The lowest BCUT2D eigenvalue weighted by Gasteiger charge is -2.33. The molecule has 1 N–H and O–H groups in total. The molecule has 1 aliphatic heterocycles. The summed E-state index contributed by atoms with van der Waals surface area (Å²) in [7, 11) is 0. The summed E-state index contributed by atoms with van der Waals surface area (Å²) in [4.78, 5) is 13.9. The first-order chi connectivity index (χ1) is 9.56. The topological polar surface area (TPSA) is 52.9 Å². The van der Waals surface area contributed by atoms with Crippen LogP contribution >= 0.6 is 11.6 Å². The Labute approximate surface area is 121 Å². The molecule has 0 spiro atoms. The fourth-order valence-electron chi connectivity index (χ4n) is 2.43. The van der Waals surface area contributed by atoms with E-state index in [-0.39, 0.29) is 17.4 Å². The van der Waals surface area contributed by atoms with Gasteiger partial charge in [0.05, 0.1) is 11.3 Å². The van der Waals surface area contributed by atoms with Crippen LogP contribution < -0.4 is 0 Å². The summed E-state index contributed by atoms with van der Waals surface area (Å²) in [6.07, 6.45) is 1.27. The van der Waals surface area contributed by atoms with Gasteiger partial charge in [-0.15, -0.1) is 0 Å². The van der Waals surface area contributed by atoms with Gasteiger partial charge < -0.3 is 10.1 Å². The highest BCUT2D eigenvalue weighted by molar-refractivity contribution is 6.31. The van der Waals surface area contributed by atoms with E-state index in [1.54, 1.807) is 4.90 Å². The Balaban J connectivity index is 2.20. The van der Waals surface area contributed by atoms with Crippen molar-refractivity contribution in [2.45, 2.75) is 19.8 Å². The number of oxime groups is 1. The van der Waals surface area contributed by atoms with E-state index in [9.17, 15) is 9.18 Å². The van der Waals surface area contributed by atoms with Crippen LogP contribution in [-0.2, 0) is 0 Å². The normalized spacial score (nSPS) is 21.2. The number of amides is 1. The van der Waals surface area contributed by atoms with Gasteiger partial charge in [0.1, 0.15) is 5.82 Å². The van der Waals surface area contributed by atoms with E-state index in [0.717, 1.165) is 6.42 Å². The third kappa shape index (κ3) is 2.93. The van der Waals surface area contributed by atoms with Gasteiger partial charge in [-0.25, -0.2) is 4.39 Å². The van der Waals surface area contributed by atoms with Crippen LogP contribution in [0.1, 0.15) is 30.1 Å². The average molecular weight is 299 g/mol. The van der Waals surface area contributed by atoms with E-state index in [4.69, 9.17) is 16.8 Å². The maximum Gasteiger partial charge on any atom is 0.256 e. The molecular weight excluding hydrogens is 283 g/mol. The molecule has 0 radical (unpaired) electrons. The number of carbonyl (C=O) groups excluding carboxylic acids is 1. The van der Waals surface area contributed by atoms with Crippen molar-refractivity contribution in [2.75, 3.05) is 13.1 Å². The van der Waals surface area contributed by atoms with E-state index < -0.39 is 5.82 Å². The Morgan fingerprint density at radius 2 is 2.35 bits per heavy atom. The number of piperidine rings is 1. The fraction of sp³-hybridized carbons (Fsp3) is 0.429. The van der Waals surface area contributed by atoms with Crippen molar-refractivity contribution < 1.29 is 14.4 Å². The van der Waals surface area contributed by atoms with Crippen LogP contribution in [-0.4, -0.2) is 34.8 Å². The lowest BCUT2D eigenvalue weighted by molar-refractivity contribution is 0.0724. The van der Waals surface area contributed by atoms with Crippen molar-refractivity contribution >= 4 is 23.2 Å². The molecule has 0 aromatic heterocycles. The van der Waals surface area contributed by atoms with Gasteiger partial charge in [0.25, 0.3) is 5.91 Å². The summed E-state index contributed by atoms with van der Waals surface area (Å²) in [6, 6.07) is 3.95. The molecule has 1 amide bonds. The summed E-state index contributed by atoms with van der Waals surface area (Å²) in [5.41, 5.74) is 0.680. The lowest BCUT2D eigenvalue weighted by Crippen LogP contribution is -2.44. The van der Waals surface area contributed by atoms with E-state index in [0.29, 0.717) is 30.2 Å². The van der Waals surface area contributed by atoms with Crippen LogP contribution in [0.4, 0.5) is 4.39 Å². The molecule has 1 aromatic carbocycles. The van der Waals surface area contributed by atoms with Gasteiger partial charge in [-0.3, -0.25) is 4.79 Å². The minimum absolute atomic E-state index is 0.0138. The molecule has 6 heteroatoms. The van der Waals surface area contributed by atoms with Gasteiger partial charge in [-0.2, -0.15) is 0 Å². The van der Waals surface area contributed by atoms with Crippen molar-refractivity contribution in [1.82, 2.24) is 4.90 Å². The number of carbonyl (C=O) groups is 1. The van der Waals surface area contributed by atoms with Crippen molar-refractivity contribution in [1.29, 1.82) is 0 Å². The van der Waals surface area contributed by atoms with Gasteiger partial charge >= 0.3 is 0 Å². The molecule has 1 aromatic rings. The fourth-order valence-corrected chi connectivity index (χ4v) is 2.60. The lowest BCUT2D eigenvalue weighted by atomic mass is 9.93. The molecule has 0 aliphatic carbocycles. The Kier molecular flexibility index (Phi) is 4.60. The van der Waals surface area contributed by atoms with Gasteiger partial charge in [0.2, 0.25) is 0 Å². The summed E-state index contributed by atoms with van der Waals surface area (Å²) in [6.45, 7) is 2.81. The zero-order valence-electron chi connectivity index (χ0n) is 11.1. The number of rotatable bonds is 2. The molecule has 20 heavy (non-hydrogen) atoms. The van der Waals surface area contributed by atoms with Crippen LogP contribution in [0.2, 0.25) is 5.02 Å². The highest BCUT2D eigenvalue weighted by Gasteiger charge is 2.29.